The third-order valence-corrected chi connectivity index (χ3v) is 3.53. The molecule has 2 rings (SSSR count). The highest BCUT2D eigenvalue weighted by Gasteiger charge is 2.17. The molecule has 0 bridgehead atoms. The number of hydrogen-bond donors (Lipinski definition) is 1. The van der Waals surface area contributed by atoms with Gasteiger partial charge in [-0.3, -0.25) is 4.90 Å². The van der Waals surface area contributed by atoms with Crippen molar-refractivity contribution in [3.63, 3.8) is 0 Å². The second-order valence-electron chi connectivity index (χ2n) is 4.61. The van der Waals surface area contributed by atoms with Crippen LogP contribution in [0.3, 0.4) is 0 Å². The number of aliphatic hydroxyl groups excluding tert-OH is 1. The summed E-state index contributed by atoms with van der Waals surface area (Å²) in [6, 6.07) is 6.15. The Hall–Kier alpha value is -0.570. The van der Waals surface area contributed by atoms with Gasteiger partial charge >= 0.3 is 0 Å². The van der Waals surface area contributed by atoms with Crippen LogP contribution in [0, 0.1) is 6.92 Å². The van der Waals surface area contributed by atoms with Gasteiger partial charge in [0.1, 0.15) is 0 Å². The number of hydrogen-bond acceptors (Lipinski definition) is 2. The van der Waals surface area contributed by atoms with Crippen molar-refractivity contribution in [3.05, 3.63) is 34.3 Å². The monoisotopic (exact) mass is 239 g/mol. The molecule has 16 heavy (non-hydrogen) atoms. The highest BCUT2D eigenvalue weighted by molar-refractivity contribution is 6.31. The predicted molar refractivity (Wildman–Crippen MR) is 66.7 cm³/mol. The van der Waals surface area contributed by atoms with Crippen molar-refractivity contribution >= 4 is 11.6 Å². The van der Waals surface area contributed by atoms with Crippen LogP contribution in [0.4, 0.5) is 0 Å². The van der Waals surface area contributed by atoms with Gasteiger partial charge in [0, 0.05) is 18.1 Å². The summed E-state index contributed by atoms with van der Waals surface area (Å²) in [6.07, 6.45) is 1.88. The molecule has 0 aromatic heterocycles. The van der Waals surface area contributed by atoms with Crippen molar-refractivity contribution in [2.24, 2.45) is 0 Å². The van der Waals surface area contributed by atoms with Gasteiger partial charge < -0.3 is 5.11 Å². The Labute approximate surface area is 102 Å². The Bertz CT molecular complexity index is 367. The lowest BCUT2D eigenvalue weighted by molar-refractivity contribution is 0.0668. The number of halogens is 1. The standard InChI is InChI=1S/C13H18ClNO/c1-10-7-11(4-5-13(10)14)8-15-6-2-3-12(16)9-15/h4-5,7,12,16H,2-3,6,8-9H2,1H3/t12-/m0/s1. The van der Waals surface area contributed by atoms with E-state index in [0.29, 0.717) is 0 Å². The van der Waals surface area contributed by atoms with Crippen molar-refractivity contribution in [1.82, 2.24) is 4.90 Å². The van der Waals surface area contributed by atoms with Crippen molar-refractivity contribution in [2.45, 2.75) is 32.4 Å². The number of nitrogens with zero attached hydrogens (tertiary/aromatic N) is 1. The summed E-state index contributed by atoms with van der Waals surface area (Å²) in [4.78, 5) is 2.30. The van der Waals surface area contributed by atoms with Crippen LogP contribution in [0.25, 0.3) is 0 Å². The average molecular weight is 240 g/mol. The molecule has 1 aromatic rings. The van der Waals surface area contributed by atoms with Gasteiger partial charge in [0.2, 0.25) is 0 Å². The molecule has 1 aromatic carbocycles. The van der Waals surface area contributed by atoms with Gasteiger partial charge in [0.15, 0.2) is 0 Å². The maximum atomic E-state index is 9.59. The molecule has 88 valence electrons. The lowest BCUT2D eigenvalue weighted by Crippen LogP contribution is -2.37. The van der Waals surface area contributed by atoms with Crippen LogP contribution in [0.2, 0.25) is 5.02 Å². The molecule has 1 saturated heterocycles. The molecule has 0 spiro atoms. The highest BCUT2D eigenvalue weighted by atomic mass is 35.5. The van der Waals surface area contributed by atoms with Crippen LogP contribution < -0.4 is 0 Å². The fourth-order valence-corrected chi connectivity index (χ4v) is 2.36. The van der Waals surface area contributed by atoms with Gasteiger partial charge in [-0.05, 0) is 43.5 Å². The van der Waals surface area contributed by atoms with E-state index in [2.05, 4.69) is 17.0 Å². The molecule has 1 heterocycles. The lowest BCUT2D eigenvalue weighted by Gasteiger charge is -2.30. The van der Waals surface area contributed by atoms with E-state index in [1.807, 2.05) is 13.0 Å². The van der Waals surface area contributed by atoms with Gasteiger partial charge in [-0.1, -0.05) is 23.7 Å². The van der Waals surface area contributed by atoms with E-state index in [1.165, 1.54) is 5.56 Å². The summed E-state index contributed by atoms with van der Waals surface area (Å²) in [7, 11) is 0. The van der Waals surface area contributed by atoms with E-state index >= 15 is 0 Å². The fraction of sp³-hybridized carbons (Fsp3) is 0.538. The summed E-state index contributed by atoms with van der Waals surface area (Å²) in [5.41, 5.74) is 2.40. The van der Waals surface area contributed by atoms with E-state index in [4.69, 9.17) is 11.6 Å². The summed E-state index contributed by atoms with van der Waals surface area (Å²) in [5.74, 6) is 0. The highest BCUT2D eigenvalue weighted by Crippen LogP contribution is 2.19. The molecule has 0 aliphatic carbocycles. The number of piperidine rings is 1. The Balaban J connectivity index is 2.00. The Morgan fingerprint density at radius 1 is 1.50 bits per heavy atom. The first-order chi connectivity index (χ1) is 7.65. The third-order valence-electron chi connectivity index (χ3n) is 3.11. The minimum atomic E-state index is -0.151. The third kappa shape index (κ3) is 2.97. The summed E-state index contributed by atoms with van der Waals surface area (Å²) < 4.78 is 0. The van der Waals surface area contributed by atoms with Gasteiger partial charge in [0.25, 0.3) is 0 Å². The van der Waals surface area contributed by atoms with Crippen LogP contribution in [0.15, 0.2) is 18.2 Å². The van der Waals surface area contributed by atoms with Crippen molar-refractivity contribution in [1.29, 1.82) is 0 Å². The van der Waals surface area contributed by atoms with Crippen molar-refractivity contribution in [2.75, 3.05) is 13.1 Å². The first-order valence-corrected chi connectivity index (χ1v) is 6.18. The Morgan fingerprint density at radius 2 is 2.31 bits per heavy atom. The number of rotatable bonds is 2. The van der Waals surface area contributed by atoms with Gasteiger partial charge in [-0.25, -0.2) is 0 Å². The van der Waals surface area contributed by atoms with Crippen molar-refractivity contribution in [3.8, 4) is 0 Å². The molecule has 0 saturated carbocycles. The molecule has 2 nitrogen and oxygen atoms in total. The minimum absolute atomic E-state index is 0.151. The smallest absolute Gasteiger partial charge is 0.0667 e. The van der Waals surface area contributed by atoms with E-state index < -0.39 is 0 Å². The number of β-amino-alcohol motifs (C(OH)–C–C–N with tert-alkyl or cyclic N) is 1. The minimum Gasteiger partial charge on any atom is -0.392 e. The Morgan fingerprint density at radius 3 is 3.00 bits per heavy atom. The second kappa shape index (κ2) is 5.17. The first kappa shape index (κ1) is 11.9. The number of aryl methyl sites for hydroxylation is 1. The maximum absolute atomic E-state index is 9.59. The quantitative estimate of drug-likeness (QED) is 0.858. The van der Waals surface area contributed by atoms with Crippen LogP contribution >= 0.6 is 11.6 Å². The van der Waals surface area contributed by atoms with Crippen LogP contribution in [-0.2, 0) is 6.54 Å². The molecular weight excluding hydrogens is 222 g/mol. The average Bonchev–Trinajstić information content (AvgIpc) is 2.24. The molecule has 0 amide bonds. The molecular formula is C13H18ClNO. The second-order valence-corrected chi connectivity index (χ2v) is 5.02. The SMILES string of the molecule is Cc1cc(CN2CCC[C@H](O)C2)ccc1Cl. The molecule has 1 aliphatic heterocycles. The Kier molecular flexibility index (Phi) is 3.85. The molecule has 1 fully saturated rings. The lowest BCUT2D eigenvalue weighted by atomic mass is 10.1. The molecule has 1 aliphatic rings. The van der Waals surface area contributed by atoms with Gasteiger partial charge in [-0.15, -0.1) is 0 Å². The van der Waals surface area contributed by atoms with E-state index in [0.717, 1.165) is 43.1 Å². The number of benzene rings is 1. The van der Waals surface area contributed by atoms with E-state index in [9.17, 15) is 5.11 Å². The molecule has 3 heteroatoms. The zero-order valence-corrected chi connectivity index (χ0v) is 10.4. The number of likely N-dealkylation sites (tertiary alicyclic amines) is 1. The topological polar surface area (TPSA) is 23.5 Å². The van der Waals surface area contributed by atoms with E-state index in [1.54, 1.807) is 0 Å². The molecule has 1 N–H and O–H groups in total. The van der Waals surface area contributed by atoms with Gasteiger partial charge in [0.05, 0.1) is 6.10 Å². The maximum Gasteiger partial charge on any atom is 0.0667 e. The van der Waals surface area contributed by atoms with E-state index in [-0.39, 0.29) is 6.10 Å². The molecule has 0 radical (unpaired) electrons. The molecule has 0 unspecified atom stereocenters. The molecule has 1 atom stereocenters. The summed E-state index contributed by atoms with van der Waals surface area (Å²) >= 11 is 5.99. The zero-order valence-electron chi connectivity index (χ0n) is 9.62. The zero-order chi connectivity index (χ0) is 11.5. The predicted octanol–water partition coefficient (Wildman–Crippen LogP) is 2.61. The van der Waals surface area contributed by atoms with Crippen molar-refractivity contribution < 1.29 is 5.11 Å². The van der Waals surface area contributed by atoms with Crippen LogP contribution in [0.1, 0.15) is 24.0 Å². The largest absolute Gasteiger partial charge is 0.392 e. The van der Waals surface area contributed by atoms with Crippen LogP contribution in [0.5, 0.6) is 0 Å². The fourth-order valence-electron chi connectivity index (χ4n) is 2.24. The summed E-state index contributed by atoms with van der Waals surface area (Å²) in [6.45, 7) is 4.81. The normalized spacial score (nSPS) is 22.3. The van der Waals surface area contributed by atoms with Crippen LogP contribution in [-0.4, -0.2) is 29.2 Å². The number of aliphatic hydroxyl groups is 1. The first-order valence-electron chi connectivity index (χ1n) is 5.80. The summed E-state index contributed by atoms with van der Waals surface area (Å²) in [5, 5.41) is 10.4. The van der Waals surface area contributed by atoms with Gasteiger partial charge in [-0.2, -0.15) is 0 Å².